The van der Waals surface area contributed by atoms with Gasteiger partial charge in [0.25, 0.3) is 0 Å². The summed E-state index contributed by atoms with van der Waals surface area (Å²) in [6.07, 6.45) is 3.97. The molecule has 3 aliphatic rings. The smallest absolute Gasteiger partial charge is 0.308 e. The summed E-state index contributed by atoms with van der Waals surface area (Å²) in [6, 6.07) is 0. The Morgan fingerprint density at radius 1 is 1.40 bits per heavy atom. The number of fused-ring (bicyclic) bond motifs is 2. The van der Waals surface area contributed by atoms with Gasteiger partial charge in [-0.05, 0) is 30.6 Å². The maximum atomic E-state index is 12.2. The van der Waals surface area contributed by atoms with Gasteiger partial charge in [0.15, 0.2) is 0 Å². The highest BCUT2D eigenvalue weighted by Gasteiger charge is 2.62. The first-order valence-electron chi connectivity index (χ1n) is 7.95. The minimum absolute atomic E-state index is 0.0179. The number of hydrogen-bond donors (Lipinski definition) is 1. The molecule has 0 aromatic carbocycles. The quantitative estimate of drug-likeness (QED) is 0.805. The predicted molar refractivity (Wildman–Crippen MR) is 76.3 cm³/mol. The van der Waals surface area contributed by atoms with E-state index in [1.54, 1.807) is 0 Å². The number of nitrogens with one attached hydrogen (secondary N) is 1. The molecule has 0 aromatic rings. The number of carbonyl (C=O) groups is 1. The molecule has 0 amide bonds. The second-order valence-electron chi connectivity index (χ2n) is 7.49. The number of hydrogen-bond acceptors (Lipinski definition) is 4. The maximum Gasteiger partial charge on any atom is 0.308 e. The monoisotopic (exact) mass is 281 g/mol. The maximum absolute atomic E-state index is 12.2. The zero-order valence-electron chi connectivity index (χ0n) is 12.9. The summed E-state index contributed by atoms with van der Waals surface area (Å²) in [5.41, 5.74) is 0.444. The minimum Gasteiger partial charge on any atom is -0.462 e. The lowest BCUT2D eigenvalue weighted by Crippen LogP contribution is -2.42. The van der Waals surface area contributed by atoms with E-state index in [0.29, 0.717) is 24.4 Å². The van der Waals surface area contributed by atoms with Crippen molar-refractivity contribution in [2.45, 2.75) is 58.7 Å². The van der Waals surface area contributed by atoms with Gasteiger partial charge in [0, 0.05) is 18.5 Å². The van der Waals surface area contributed by atoms with Gasteiger partial charge >= 0.3 is 5.97 Å². The van der Waals surface area contributed by atoms with Gasteiger partial charge in [-0.1, -0.05) is 20.8 Å². The van der Waals surface area contributed by atoms with E-state index in [9.17, 15) is 4.79 Å². The van der Waals surface area contributed by atoms with Crippen molar-refractivity contribution in [1.29, 1.82) is 0 Å². The van der Waals surface area contributed by atoms with Crippen LogP contribution in [0.5, 0.6) is 0 Å². The van der Waals surface area contributed by atoms with E-state index in [1.165, 1.54) is 12.8 Å². The fourth-order valence-electron chi connectivity index (χ4n) is 4.45. The molecule has 0 spiro atoms. The van der Waals surface area contributed by atoms with Crippen molar-refractivity contribution >= 4 is 5.97 Å². The van der Waals surface area contributed by atoms with E-state index < -0.39 is 0 Å². The van der Waals surface area contributed by atoms with E-state index >= 15 is 0 Å². The summed E-state index contributed by atoms with van der Waals surface area (Å²) >= 11 is 0. The van der Waals surface area contributed by atoms with Crippen molar-refractivity contribution in [3.8, 4) is 0 Å². The number of carbonyl (C=O) groups excluding carboxylic acids is 1. The third-order valence-corrected chi connectivity index (χ3v) is 6.39. The molecule has 1 heterocycles. The minimum atomic E-state index is -0.0896. The first-order valence-corrected chi connectivity index (χ1v) is 7.95. The predicted octanol–water partition coefficient (Wildman–Crippen LogP) is 2.12. The molecule has 4 unspecified atom stereocenters. The van der Waals surface area contributed by atoms with E-state index in [2.05, 4.69) is 26.1 Å². The van der Waals surface area contributed by atoms with Gasteiger partial charge < -0.3 is 14.8 Å². The fourth-order valence-corrected chi connectivity index (χ4v) is 4.45. The largest absolute Gasteiger partial charge is 0.462 e. The highest BCUT2D eigenvalue weighted by atomic mass is 16.5. The Kier molecular flexibility index (Phi) is 3.57. The molecular formula is C16H27NO3. The van der Waals surface area contributed by atoms with Gasteiger partial charge in [0.2, 0.25) is 0 Å². The standard InChI is InChI=1S/C16H27NO3/c1-15(2)11-4-5-16(15,3)13(8-11)20-14(18)9-12-10-17-6-7-19-12/h11-13,17H,4-10H2,1-3H3. The van der Waals surface area contributed by atoms with Crippen molar-refractivity contribution < 1.29 is 14.3 Å². The number of ether oxygens (including phenoxy) is 2. The molecule has 2 aliphatic carbocycles. The van der Waals surface area contributed by atoms with Crippen LogP contribution in [-0.4, -0.2) is 37.9 Å². The average molecular weight is 281 g/mol. The lowest BCUT2D eigenvalue weighted by atomic mass is 9.70. The van der Waals surface area contributed by atoms with Gasteiger partial charge in [-0.25, -0.2) is 0 Å². The zero-order valence-corrected chi connectivity index (χ0v) is 12.9. The van der Waals surface area contributed by atoms with Gasteiger partial charge in [-0.3, -0.25) is 4.79 Å². The van der Waals surface area contributed by atoms with Crippen molar-refractivity contribution in [3.05, 3.63) is 0 Å². The highest BCUT2D eigenvalue weighted by Crippen LogP contribution is 2.66. The van der Waals surface area contributed by atoms with Crippen LogP contribution in [0.3, 0.4) is 0 Å². The van der Waals surface area contributed by atoms with Gasteiger partial charge in [-0.15, -0.1) is 0 Å². The van der Waals surface area contributed by atoms with Gasteiger partial charge in [-0.2, -0.15) is 0 Å². The molecule has 1 aliphatic heterocycles. The van der Waals surface area contributed by atoms with Gasteiger partial charge in [0.05, 0.1) is 19.1 Å². The van der Waals surface area contributed by atoms with Crippen LogP contribution in [0.15, 0.2) is 0 Å². The van der Waals surface area contributed by atoms with E-state index in [4.69, 9.17) is 9.47 Å². The summed E-state index contributed by atoms with van der Waals surface area (Å²) in [7, 11) is 0. The molecule has 4 atom stereocenters. The molecule has 114 valence electrons. The highest BCUT2D eigenvalue weighted by molar-refractivity contribution is 5.70. The Morgan fingerprint density at radius 3 is 2.75 bits per heavy atom. The van der Waals surface area contributed by atoms with Crippen LogP contribution >= 0.6 is 0 Å². The lowest BCUT2D eigenvalue weighted by Gasteiger charge is -2.38. The summed E-state index contributed by atoms with van der Waals surface area (Å²) in [5.74, 6) is 0.617. The Bertz CT molecular complexity index is 389. The van der Waals surface area contributed by atoms with Crippen LogP contribution in [-0.2, 0) is 14.3 Å². The molecule has 3 fully saturated rings. The van der Waals surface area contributed by atoms with Crippen LogP contribution in [0.1, 0.15) is 46.5 Å². The molecule has 2 bridgehead atoms. The zero-order chi connectivity index (χ0) is 14.4. The molecular weight excluding hydrogens is 254 g/mol. The Hall–Kier alpha value is -0.610. The first-order chi connectivity index (χ1) is 9.43. The molecule has 20 heavy (non-hydrogen) atoms. The molecule has 0 radical (unpaired) electrons. The molecule has 3 rings (SSSR count). The molecule has 1 N–H and O–H groups in total. The third kappa shape index (κ3) is 2.17. The van der Waals surface area contributed by atoms with Crippen LogP contribution in [0.4, 0.5) is 0 Å². The lowest BCUT2D eigenvalue weighted by molar-refractivity contribution is -0.160. The molecule has 2 saturated carbocycles. The Labute approximate surface area is 121 Å². The topological polar surface area (TPSA) is 47.6 Å². The summed E-state index contributed by atoms with van der Waals surface area (Å²) in [5, 5.41) is 3.25. The van der Waals surface area contributed by atoms with Crippen LogP contribution in [0.2, 0.25) is 0 Å². The molecule has 4 nitrogen and oxygen atoms in total. The summed E-state index contributed by atoms with van der Waals surface area (Å²) < 4.78 is 11.4. The van der Waals surface area contributed by atoms with E-state index in [1.807, 2.05) is 0 Å². The van der Waals surface area contributed by atoms with Crippen LogP contribution in [0, 0.1) is 16.7 Å². The normalized spacial score (nSPS) is 42.6. The van der Waals surface area contributed by atoms with Crippen molar-refractivity contribution in [2.24, 2.45) is 16.7 Å². The second-order valence-corrected chi connectivity index (χ2v) is 7.49. The summed E-state index contributed by atoms with van der Waals surface area (Å²) in [4.78, 5) is 12.2. The van der Waals surface area contributed by atoms with E-state index in [0.717, 1.165) is 19.5 Å². The van der Waals surface area contributed by atoms with Crippen molar-refractivity contribution in [1.82, 2.24) is 5.32 Å². The first kappa shape index (κ1) is 14.3. The van der Waals surface area contributed by atoms with Gasteiger partial charge in [0.1, 0.15) is 6.10 Å². The second kappa shape index (κ2) is 4.99. The van der Waals surface area contributed by atoms with Crippen molar-refractivity contribution in [2.75, 3.05) is 19.7 Å². The number of rotatable bonds is 3. The SMILES string of the molecule is CC1(C)C2CCC1(C)C(OC(=O)CC1CNCCO1)C2. The number of esters is 1. The molecule has 1 saturated heterocycles. The van der Waals surface area contributed by atoms with E-state index in [-0.39, 0.29) is 23.6 Å². The fraction of sp³-hybridized carbons (Fsp3) is 0.938. The Balaban J connectivity index is 1.57. The average Bonchev–Trinajstić information content (AvgIpc) is 2.73. The van der Waals surface area contributed by atoms with Crippen LogP contribution < -0.4 is 5.32 Å². The Morgan fingerprint density at radius 2 is 2.20 bits per heavy atom. The third-order valence-electron chi connectivity index (χ3n) is 6.39. The number of morpholine rings is 1. The molecule has 0 aromatic heterocycles. The summed E-state index contributed by atoms with van der Waals surface area (Å²) in [6.45, 7) is 9.30. The van der Waals surface area contributed by atoms with Crippen LogP contribution in [0.25, 0.3) is 0 Å². The van der Waals surface area contributed by atoms with Crippen molar-refractivity contribution in [3.63, 3.8) is 0 Å². The molecule has 4 heteroatoms.